The molecule has 5 aromatic rings. The molecule has 0 saturated carbocycles. The van der Waals surface area contributed by atoms with Gasteiger partial charge in [-0.25, -0.2) is 9.97 Å². The number of para-hydroxylation sites is 1. The van der Waals surface area contributed by atoms with Gasteiger partial charge in [0.1, 0.15) is 5.82 Å². The van der Waals surface area contributed by atoms with Crippen LogP contribution in [0.25, 0.3) is 33.9 Å². The monoisotopic (exact) mass is 538 g/mol. The van der Waals surface area contributed by atoms with E-state index >= 15 is 0 Å². The maximum atomic E-state index is 13.9. The standard InChI is InChI=1S/C25H17BrCl2N4O/c1-2-21-29-22-24(31(21)17-6-4-3-5-7-17)30-23(19-13-10-16(27)14-20(19)28)32(25(22)33)18-11-8-15(26)9-12-18/h3-14H,2H2,1H3. The van der Waals surface area contributed by atoms with Crippen molar-refractivity contribution in [1.29, 1.82) is 0 Å². The molecule has 164 valence electrons. The number of fused-ring (bicyclic) bond motifs is 1. The first kappa shape index (κ1) is 21.9. The summed E-state index contributed by atoms with van der Waals surface area (Å²) in [6.45, 7) is 2.00. The van der Waals surface area contributed by atoms with Crippen molar-refractivity contribution in [1.82, 2.24) is 19.1 Å². The molecular formula is C25H17BrCl2N4O. The van der Waals surface area contributed by atoms with Gasteiger partial charge in [0.05, 0.1) is 10.7 Å². The van der Waals surface area contributed by atoms with Crippen LogP contribution in [0.3, 0.4) is 0 Å². The van der Waals surface area contributed by atoms with Crippen LogP contribution in [0.5, 0.6) is 0 Å². The summed E-state index contributed by atoms with van der Waals surface area (Å²) in [5.41, 5.74) is 2.66. The molecule has 0 aliphatic heterocycles. The molecule has 2 heterocycles. The first-order valence-electron chi connectivity index (χ1n) is 10.3. The van der Waals surface area contributed by atoms with Crippen LogP contribution in [-0.4, -0.2) is 19.1 Å². The van der Waals surface area contributed by atoms with Gasteiger partial charge in [-0.1, -0.05) is 64.3 Å². The molecule has 0 N–H and O–H groups in total. The Bertz CT molecular complexity index is 1540. The Morgan fingerprint density at radius 1 is 0.879 bits per heavy atom. The molecule has 0 saturated heterocycles. The van der Waals surface area contributed by atoms with E-state index in [0.29, 0.717) is 44.7 Å². The Labute approximate surface area is 208 Å². The van der Waals surface area contributed by atoms with Crippen molar-refractivity contribution in [2.45, 2.75) is 13.3 Å². The van der Waals surface area contributed by atoms with Crippen molar-refractivity contribution in [2.75, 3.05) is 0 Å². The minimum absolute atomic E-state index is 0.271. The zero-order valence-corrected chi connectivity index (χ0v) is 20.6. The summed E-state index contributed by atoms with van der Waals surface area (Å²) in [6.07, 6.45) is 0.639. The van der Waals surface area contributed by atoms with E-state index in [1.807, 2.05) is 66.1 Å². The van der Waals surface area contributed by atoms with Crippen LogP contribution in [0, 0.1) is 0 Å². The topological polar surface area (TPSA) is 52.7 Å². The number of rotatable bonds is 4. The number of nitrogens with zero attached hydrogens (tertiary/aromatic N) is 4. The Hall–Kier alpha value is -2.93. The summed E-state index contributed by atoms with van der Waals surface area (Å²) in [5.74, 6) is 1.17. The zero-order valence-electron chi connectivity index (χ0n) is 17.5. The van der Waals surface area contributed by atoms with Gasteiger partial charge in [0.2, 0.25) is 0 Å². The predicted molar refractivity (Wildman–Crippen MR) is 137 cm³/mol. The fourth-order valence-electron chi connectivity index (χ4n) is 3.82. The lowest BCUT2D eigenvalue weighted by molar-refractivity contribution is 0.900. The number of benzene rings is 3. The smallest absolute Gasteiger partial charge is 0.280 e. The minimum Gasteiger partial charge on any atom is -0.280 e. The van der Waals surface area contributed by atoms with E-state index in [1.165, 1.54) is 0 Å². The van der Waals surface area contributed by atoms with E-state index < -0.39 is 0 Å². The number of hydrogen-bond acceptors (Lipinski definition) is 3. The molecule has 0 fully saturated rings. The number of imidazole rings is 1. The van der Waals surface area contributed by atoms with Crippen molar-refractivity contribution in [3.63, 3.8) is 0 Å². The molecule has 0 aliphatic rings. The summed E-state index contributed by atoms with van der Waals surface area (Å²) in [6, 6.07) is 22.4. The number of halogens is 3. The van der Waals surface area contributed by atoms with E-state index in [0.717, 1.165) is 16.0 Å². The molecule has 0 radical (unpaired) electrons. The first-order chi connectivity index (χ1) is 16.0. The predicted octanol–water partition coefficient (Wildman–Crippen LogP) is 6.87. The Morgan fingerprint density at radius 3 is 2.24 bits per heavy atom. The Kier molecular flexibility index (Phi) is 5.83. The highest BCUT2D eigenvalue weighted by molar-refractivity contribution is 9.10. The summed E-state index contributed by atoms with van der Waals surface area (Å²) in [7, 11) is 0. The van der Waals surface area contributed by atoms with Gasteiger partial charge in [-0.3, -0.25) is 13.9 Å². The van der Waals surface area contributed by atoms with Gasteiger partial charge in [-0.2, -0.15) is 0 Å². The number of hydrogen-bond donors (Lipinski definition) is 0. The van der Waals surface area contributed by atoms with Crippen LogP contribution >= 0.6 is 39.1 Å². The highest BCUT2D eigenvalue weighted by Gasteiger charge is 2.22. The molecule has 0 amide bonds. The highest BCUT2D eigenvalue weighted by Crippen LogP contribution is 2.32. The SMILES string of the molecule is CCc1nc2c(=O)n(-c3ccc(Br)cc3)c(-c3ccc(Cl)cc3Cl)nc2n1-c1ccccc1. The Balaban J connectivity index is 1.92. The van der Waals surface area contributed by atoms with Crippen molar-refractivity contribution < 1.29 is 0 Å². The zero-order chi connectivity index (χ0) is 23.1. The third-order valence-electron chi connectivity index (χ3n) is 5.34. The summed E-state index contributed by atoms with van der Waals surface area (Å²) < 4.78 is 4.38. The summed E-state index contributed by atoms with van der Waals surface area (Å²) in [5, 5.41) is 0.908. The third kappa shape index (κ3) is 3.88. The quantitative estimate of drug-likeness (QED) is 0.250. The van der Waals surface area contributed by atoms with Crippen LogP contribution in [-0.2, 0) is 6.42 Å². The van der Waals surface area contributed by atoms with Gasteiger partial charge >= 0.3 is 0 Å². The lowest BCUT2D eigenvalue weighted by Crippen LogP contribution is -2.22. The maximum Gasteiger partial charge on any atom is 0.286 e. The van der Waals surface area contributed by atoms with Crippen LogP contribution in [0.2, 0.25) is 10.0 Å². The van der Waals surface area contributed by atoms with Crippen LogP contribution in [0.15, 0.2) is 82.1 Å². The van der Waals surface area contributed by atoms with E-state index in [1.54, 1.807) is 22.8 Å². The molecule has 0 aliphatic carbocycles. The average Bonchev–Trinajstić information content (AvgIpc) is 3.19. The van der Waals surface area contributed by atoms with Crippen molar-refractivity contribution in [3.05, 3.63) is 103 Å². The fourth-order valence-corrected chi connectivity index (χ4v) is 4.58. The van der Waals surface area contributed by atoms with E-state index in [9.17, 15) is 4.79 Å². The van der Waals surface area contributed by atoms with Crippen molar-refractivity contribution >= 4 is 50.3 Å². The third-order valence-corrected chi connectivity index (χ3v) is 6.42. The summed E-state index contributed by atoms with van der Waals surface area (Å²) >= 11 is 16.2. The van der Waals surface area contributed by atoms with Crippen LogP contribution in [0.1, 0.15) is 12.7 Å². The van der Waals surface area contributed by atoms with Gasteiger partial charge < -0.3 is 0 Å². The van der Waals surface area contributed by atoms with Gasteiger partial charge in [0, 0.05) is 27.2 Å². The maximum absolute atomic E-state index is 13.9. The molecule has 0 spiro atoms. The fraction of sp³-hybridized carbons (Fsp3) is 0.0800. The number of aromatic nitrogens is 4. The average molecular weight is 540 g/mol. The molecule has 3 aromatic carbocycles. The van der Waals surface area contributed by atoms with E-state index in [4.69, 9.17) is 28.2 Å². The second-order valence-corrected chi connectivity index (χ2v) is 9.16. The van der Waals surface area contributed by atoms with Gasteiger partial charge in [0.25, 0.3) is 5.56 Å². The Morgan fingerprint density at radius 2 is 1.58 bits per heavy atom. The lowest BCUT2D eigenvalue weighted by atomic mass is 10.2. The minimum atomic E-state index is -0.271. The van der Waals surface area contributed by atoms with Gasteiger partial charge in [-0.15, -0.1) is 0 Å². The molecule has 8 heteroatoms. The van der Waals surface area contributed by atoms with Crippen molar-refractivity contribution in [3.8, 4) is 22.8 Å². The second kappa shape index (κ2) is 8.78. The van der Waals surface area contributed by atoms with Crippen LogP contribution < -0.4 is 5.56 Å². The normalized spacial score (nSPS) is 11.3. The molecule has 0 atom stereocenters. The molecule has 2 aromatic heterocycles. The van der Waals surface area contributed by atoms with Crippen LogP contribution in [0.4, 0.5) is 0 Å². The van der Waals surface area contributed by atoms with E-state index in [2.05, 4.69) is 20.9 Å². The second-order valence-electron chi connectivity index (χ2n) is 7.40. The molecule has 33 heavy (non-hydrogen) atoms. The van der Waals surface area contributed by atoms with Gasteiger partial charge in [-0.05, 0) is 54.6 Å². The van der Waals surface area contributed by atoms with E-state index in [-0.39, 0.29) is 5.56 Å². The lowest BCUT2D eigenvalue weighted by Gasteiger charge is -2.15. The molecule has 0 bridgehead atoms. The molecule has 5 nitrogen and oxygen atoms in total. The van der Waals surface area contributed by atoms with Gasteiger partial charge in [0.15, 0.2) is 17.0 Å². The number of aryl methyl sites for hydroxylation is 1. The highest BCUT2D eigenvalue weighted by atomic mass is 79.9. The molecule has 5 rings (SSSR count). The first-order valence-corrected chi connectivity index (χ1v) is 11.8. The molecular weight excluding hydrogens is 523 g/mol. The largest absolute Gasteiger partial charge is 0.286 e. The summed E-state index contributed by atoms with van der Waals surface area (Å²) in [4.78, 5) is 23.5. The molecule has 0 unspecified atom stereocenters. The van der Waals surface area contributed by atoms with Crippen molar-refractivity contribution in [2.24, 2.45) is 0 Å².